The molecule has 0 aliphatic heterocycles. The van der Waals surface area contributed by atoms with Crippen molar-refractivity contribution in [2.24, 2.45) is 0 Å². The quantitative estimate of drug-likeness (QED) is 0.0523. The molecule has 198 valence electrons. The zero-order valence-electron chi connectivity index (χ0n) is 20.6. The van der Waals surface area contributed by atoms with E-state index in [1.807, 2.05) is 0 Å². The maximum Gasteiger partial charge on any atom is 0.358 e. The third kappa shape index (κ3) is 21.5. The molecule has 0 aromatic heterocycles. The minimum absolute atomic E-state index is 0.229. The Bertz CT molecular complexity index is 590. The number of carbonyl (C=O) groups is 3. The van der Waals surface area contributed by atoms with Gasteiger partial charge in [0.2, 0.25) is 0 Å². The van der Waals surface area contributed by atoms with Crippen LogP contribution in [0.2, 0.25) is 0 Å². The van der Waals surface area contributed by atoms with Gasteiger partial charge in [-0.05, 0) is 32.1 Å². The van der Waals surface area contributed by atoms with Crippen molar-refractivity contribution in [3.8, 4) is 0 Å². The number of alkyl halides is 3. The second-order valence-electron chi connectivity index (χ2n) is 8.34. The molecule has 0 aliphatic carbocycles. The highest BCUT2D eigenvalue weighted by Gasteiger charge is 2.33. The predicted molar refractivity (Wildman–Crippen MR) is 137 cm³/mol. The third-order valence-corrected chi connectivity index (χ3v) is 5.51. The number of rotatable bonds is 20. The van der Waals surface area contributed by atoms with Crippen molar-refractivity contribution < 1.29 is 28.6 Å². The van der Waals surface area contributed by atoms with Crippen LogP contribution in [-0.2, 0) is 28.6 Å². The molecule has 9 heteroatoms. The van der Waals surface area contributed by atoms with E-state index in [4.69, 9.17) is 49.0 Å². The van der Waals surface area contributed by atoms with Crippen LogP contribution in [0.15, 0.2) is 12.2 Å². The molecule has 0 saturated carbocycles. The number of ether oxygens (including phenoxy) is 3. The van der Waals surface area contributed by atoms with Crippen LogP contribution in [0.1, 0.15) is 104 Å². The van der Waals surface area contributed by atoms with Gasteiger partial charge in [0.15, 0.2) is 6.10 Å². The summed E-state index contributed by atoms with van der Waals surface area (Å²) in [6, 6.07) is 0. The molecule has 0 aliphatic rings. The van der Waals surface area contributed by atoms with E-state index < -0.39 is 27.8 Å². The van der Waals surface area contributed by atoms with E-state index in [-0.39, 0.29) is 19.6 Å². The summed E-state index contributed by atoms with van der Waals surface area (Å²) in [6.45, 7) is 2.83. The predicted octanol–water partition coefficient (Wildman–Crippen LogP) is 7.41. The Morgan fingerprint density at radius 3 is 1.79 bits per heavy atom. The molecule has 0 amide bonds. The Morgan fingerprint density at radius 1 is 0.765 bits per heavy atom. The van der Waals surface area contributed by atoms with Gasteiger partial charge in [0.25, 0.3) is 3.79 Å². The highest BCUT2D eigenvalue weighted by Crippen LogP contribution is 2.27. The SMILES string of the molecule is CCCCCCCC/C=C\CCCCCCCC(=O)O[C@@H](COC(C)=O)COC(=O)C(Cl)(Cl)Cl. The van der Waals surface area contributed by atoms with Gasteiger partial charge in [-0.1, -0.05) is 105 Å². The Labute approximate surface area is 220 Å². The summed E-state index contributed by atoms with van der Waals surface area (Å²) < 4.78 is 12.7. The number of carbonyl (C=O) groups excluding carboxylic acids is 3. The van der Waals surface area contributed by atoms with Gasteiger partial charge in [-0.3, -0.25) is 9.59 Å². The zero-order valence-corrected chi connectivity index (χ0v) is 22.9. The van der Waals surface area contributed by atoms with Crippen LogP contribution >= 0.6 is 34.8 Å². The van der Waals surface area contributed by atoms with Crippen LogP contribution < -0.4 is 0 Å². The van der Waals surface area contributed by atoms with Crippen molar-refractivity contribution in [1.29, 1.82) is 0 Å². The fourth-order valence-electron chi connectivity index (χ4n) is 3.16. The molecule has 0 bridgehead atoms. The summed E-state index contributed by atoms with van der Waals surface area (Å²) in [4.78, 5) is 34.7. The Morgan fingerprint density at radius 2 is 1.26 bits per heavy atom. The molecule has 0 N–H and O–H groups in total. The van der Waals surface area contributed by atoms with E-state index in [1.165, 1.54) is 51.9 Å². The number of unbranched alkanes of at least 4 members (excludes halogenated alkanes) is 11. The van der Waals surface area contributed by atoms with E-state index in [2.05, 4.69) is 19.1 Å². The number of hydrogen-bond donors (Lipinski definition) is 0. The van der Waals surface area contributed by atoms with Gasteiger partial charge in [0.05, 0.1) is 0 Å². The lowest BCUT2D eigenvalue weighted by atomic mass is 10.1. The molecular weight excluding hydrogens is 503 g/mol. The lowest BCUT2D eigenvalue weighted by Gasteiger charge is -2.19. The number of esters is 3. The molecule has 0 spiro atoms. The van der Waals surface area contributed by atoms with Gasteiger partial charge in [0, 0.05) is 13.3 Å². The van der Waals surface area contributed by atoms with Gasteiger partial charge in [-0.2, -0.15) is 0 Å². The average Bonchev–Trinajstić information content (AvgIpc) is 2.77. The van der Waals surface area contributed by atoms with Crippen LogP contribution in [0, 0.1) is 0 Å². The van der Waals surface area contributed by atoms with E-state index in [1.54, 1.807) is 0 Å². The van der Waals surface area contributed by atoms with E-state index in [0.717, 1.165) is 32.1 Å². The minimum Gasteiger partial charge on any atom is -0.462 e. The topological polar surface area (TPSA) is 78.9 Å². The molecule has 6 nitrogen and oxygen atoms in total. The summed E-state index contributed by atoms with van der Waals surface area (Å²) in [5.74, 6) is -2.11. The van der Waals surface area contributed by atoms with Gasteiger partial charge >= 0.3 is 17.9 Å². The van der Waals surface area contributed by atoms with E-state index in [9.17, 15) is 14.4 Å². The van der Waals surface area contributed by atoms with E-state index in [0.29, 0.717) is 6.42 Å². The lowest BCUT2D eigenvalue weighted by molar-refractivity contribution is -0.165. The van der Waals surface area contributed by atoms with Crippen molar-refractivity contribution in [2.75, 3.05) is 13.2 Å². The molecule has 0 aromatic carbocycles. The first-order valence-corrected chi connectivity index (χ1v) is 13.5. The first kappa shape index (κ1) is 33.0. The second-order valence-corrected chi connectivity index (χ2v) is 10.6. The minimum atomic E-state index is -2.24. The summed E-state index contributed by atoms with van der Waals surface area (Å²) in [7, 11) is 0. The maximum atomic E-state index is 12.1. The molecule has 0 radical (unpaired) electrons. The molecule has 0 unspecified atom stereocenters. The second kappa shape index (κ2) is 21.3. The summed E-state index contributed by atoms with van der Waals surface area (Å²) in [6.07, 6.45) is 19.0. The van der Waals surface area contributed by atoms with Crippen LogP contribution in [0.4, 0.5) is 0 Å². The highest BCUT2D eigenvalue weighted by molar-refractivity contribution is 6.75. The Kier molecular flexibility index (Phi) is 20.7. The van der Waals surface area contributed by atoms with E-state index >= 15 is 0 Å². The molecule has 1 atom stereocenters. The average molecular weight is 544 g/mol. The van der Waals surface area contributed by atoms with Gasteiger partial charge in [-0.15, -0.1) is 0 Å². The van der Waals surface area contributed by atoms with Crippen LogP contribution in [0.5, 0.6) is 0 Å². The van der Waals surface area contributed by atoms with Crippen molar-refractivity contribution in [3.05, 3.63) is 12.2 Å². The van der Waals surface area contributed by atoms with Crippen molar-refractivity contribution in [2.45, 2.75) is 114 Å². The van der Waals surface area contributed by atoms with Crippen molar-refractivity contribution >= 4 is 52.7 Å². The van der Waals surface area contributed by atoms with Gasteiger partial charge < -0.3 is 14.2 Å². The van der Waals surface area contributed by atoms with Crippen LogP contribution in [-0.4, -0.2) is 41.0 Å². The van der Waals surface area contributed by atoms with Crippen molar-refractivity contribution in [3.63, 3.8) is 0 Å². The smallest absolute Gasteiger partial charge is 0.358 e. The summed E-state index contributed by atoms with van der Waals surface area (Å²) in [5, 5.41) is 0. The molecular formula is C25H41Cl3O6. The molecule has 34 heavy (non-hydrogen) atoms. The molecule has 0 rings (SSSR count). The summed E-state index contributed by atoms with van der Waals surface area (Å²) >= 11 is 16.3. The van der Waals surface area contributed by atoms with Gasteiger partial charge in [0.1, 0.15) is 13.2 Å². The number of halogens is 3. The fourth-order valence-corrected chi connectivity index (χ4v) is 3.33. The molecule has 0 heterocycles. The lowest BCUT2D eigenvalue weighted by Crippen LogP contribution is -2.33. The standard InChI is InChI=1S/C25H41Cl3O6/c1-3-4-5-6-7-8-9-10-11-12-13-14-15-16-17-18-23(30)34-22(19-32-21(2)29)20-33-24(31)25(26,27)28/h10-11,22H,3-9,12-20H2,1-2H3/b11-10-/t22-/m0/s1. The van der Waals surface area contributed by atoms with Crippen molar-refractivity contribution in [1.82, 2.24) is 0 Å². The number of allylic oxidation sites excluding steroid dienone is 2. The van der Waals surface area contributed by atoms with Crippen LogP contribution in [0.3, 0.4) is 0 Å². The Balaban J connectivity index is 3.88. The first-order valence-electron chi connectivity index (χ1n) is 12.4. The van der Waals surface area contributed by atoms with Gasteiger partial charge in [-0.25, -0.2) is 4.79 Å². The normalized spacial score (nSPS) is 12.5. The monoisotopic (exact) mass is 542 g/mol. The van der Waals surface area contributed by atoms with Crippen LogP contribution in [0.25, 0.3) is 0 Å². The first-order chi connectivity index (χ1) is 16.2. The zero-order chi connectivity index (χ0) is 25.7. The fraction of sp³-hybridized carbons (Fsp3) is 0.800. The highest BCUT2D eigenvalue weighted by atomic mass is 35.6. The molecule has 0 fully saturated rings. The largest absolute Gasteiger partial charge is 0.462 e. The summed E-state index contributed by atoms with van der Waals surface area (Å²) in [5.41, 5.74) is 0. The molecule has 0 aromatic rings. The maximum absolute atomic E-state index is 12.1. The number of hydrogen-bond acceptors (Lipinski definition) is 6. The third-order valence-electron chi connectivity index (χ3n) is 5.05. The Hall–Kier alpha value is -0.980. The molecule has 0 saturated heterocycles.